The lowest BCUT2D eigenvalue weighted by atomic mass is 10.2. The second kappa shape index (κ2) is 3.34. The molecule has 0 radical (unpaired) electrons. The van der Waals surface area contributed by atoms with E-state index < -0.39 is 0 Å². The quantitative estimate of drug-likeness (QED) is 0.741. The number of nitrogens with two attached hydrogens (primary N) is 1. The van der Waals surface area contributed by atoms with Gasteiger partial charge in [-0.1, -0.05) is 0 Å². The fraction of sp³-hybridized carbons (Fsp3) is 0.200. The van der Waals surface area contributed by atoms with Crippen molar-refractivity contribution >= 4 is 28.4 Å². The number of thioether (sulfide) groups is 1. The molecule has 2 aromatic rings. The van der Waals surface area contributed by atoms with Crippen LogP contribution >= 0.6 is 11.8 Å². The standard InChI is InChI=1S/C10H12N2S/c1-13-7-12-5-4-8-6-9(11)2-3-10(8)12/h2-6H,7,11H2,1H3. The number of hydrogen-bond acceptors (Lipinski definition) is 2. The summed E-state index contributed by atoms with van der Waals surface area (Å²) in [4.78, 5) is 0. The molecule has 0 unspecified atom stereocenters. The first-order valence-corrected chi connectivity index (χ1v) is 5.54. The molecule has 1 aromatic carbocycles. The number of anilines is 1. The zero-order valence-corrected chi connectivity index (χ0v) is 8.34. The number of rotatable bonds is 2. The Labute approximate surface area is 81.7 Å². The van der Waals surface area contributed by atoms with Crippen LogP contribution in [0.1, 0.15) is 0 Å². The molecule has 0 amide bonds. The average molecular weight is 192 g/mol. The fourth-order valence-corrected chi connectivity index (χ4v) is 1.97. The zero-order chi connectivity index (χ0) is 9.26. The third-order valence-corrected chi connectivity index (χ3v) is 2.60. The molecule has 2 N–H and O–H groups in total. The number of aromatic nitrogens is 1. The van der Waals surface area contributed by atoms with Crippen molar-refractivity contribution in [2.24, 2.45) is 0 Å². The third-order valence-electron chi connectivity index (χ3n) is 2.06. The van der Waals surface area contributed by atoms with Gasteiger partial charge in [0.05, 0.1) is 5.88 Å². The Morgan fingerprint density at radius 2 is 2.23 bits per heavy atom. The second-order valence-electron chi connectivity index (χ2n) is 3.02. The molecule has 68 valence electrons. The van der Waals surface area contributed by atoms with Gasteiger partial charge in [-0.2, -0.15) is 0 Å². The third kappa shape index (κ3) is 1.52. The molecule has 2 rings (SSSR count). The Morgan fingerprint density at radius 3 is 3.00 bits per heavy atom. The van der Waals surface area contributed by atoms with Gasteiger partial charge in [0.25, 0.3) is 0 Å². The largest absolute Gasteiger partial charge is 0.399 e. The Hall–Kier alpha value is -1.09. The fourth-order valence-electron chi connectivity index (χ4n) is 1.47. The van der Waals surface area contributed by atoms with Gasteiger partial charge in [0.2, 0.25) is 0 Å². The number of benzene rings is 1. The lowest BCUT2D eigenvalue weighted by Gasteiger charge is -2.02. The highest BCUT2D eigenvalue weighted by Gasteiger charge is 1.99. The van der Waals surface area contributed by atoms with Crippen molar-refractivity contribution in [2.45, 2.75) is 5.88 Å². The van der Waals surface area contributed by atoms with E-state index in [2.05, 4.69) is 29.2 Å². The summed E-state index contributed by atoms with van der Waals surface area (Å²) in [5.41, 5.74) is 7.77. The number of nitrogen functional groups attached to an aromatic ring is 1. The first kappa shape index (κ1) is 8.51. The van der Waals surface area contributed by atoms with Crippen molar-refractivity contribution < 1.29 is 0 Å². The van der Waals surface area contributed by atoms with Gasteiger partial charge in [-0.25, -0.2) is 0 Å². The molecule has 2 nitrogen and oxygen atoms in total. The highest BCUT2D eigenvalue weighted by Crippen LogP contribution is 2.19. The van der Waals surface area contributed by atoms with E-state index in [-0.39, 0.29) is 0 Å². The van der Waals surface area contributed by atoms with Crippen LogP contribution in [0.3, 0.4) is 0 Å². The Morgan fingerprint density at radius 1 is 1.38 bits per heavy atom. The lowest BCUT2D eigenvalue weighted by Crippen LogP contribution is -1.91. The first-order chi connectivity index (χ1) is 6.31. The van der Waals surface area contributed by atoms with Gasteiger partial charge in [0, 0.05) is 22.8 Å². The van der Waals surface area contributed by atoms with Gasteiger partial charge < -0.3 is 10.3 Å². The van der Waals surface area contributed by atoms with Crippen molar-refractivity contribution in [1.29, 1.82) is 0 Å². The minimum Gasteiger partial charge on any atom is -0.399 e. The van der Waals surface area contributed by atoms with Crippen LogP contribution in [-0.2, 0) is 5.88 Å². The molecule has 0 atom stereocenters. The Bertz CT molecular complexity index is 420. The van der Waals surface area contributed by atoms with Crippen LogP contribution < -0.4 is 5.73 Å². The van der Waals surface area contributed by atoms with Crippen molar-refractivity contribution in [3.8, 4) is 0 Å². The summed E-state index contributed by atoms with van der Waals surface area (Å²) in [7, 11) is 0. The molecule has 1 aromatic heterocycles. The Kier molecular flexibility index (Phi) is 2.19. The van der Waals surface area contributed by atoms with Crippen LogP contribution in [0.4, 0.5) is 5.69 Å². The highest BCUT2D eigenvalue weighted by molar-refractivity contribution is 7.97. The smallest absolute Gasteiger partial charge is 0.0680 e. The van der Waals surface area contributed by atoms with E-state index in [4.69, 9.17) is 5.73 Å². The van der Waals surface area contributed by atoms with Crippen LogP contribution in [0.15, 0.2) is 30.5 Å². The van der Waals surface area contributed by atoms with E-state index in [0.29, 0.717) is 0 Å². The van der Waals surface area contributed by atoms with Crippen LogP contribution in [0.5, 0.6) is 0 Å². The normalized spacial score (nSPS) is 10.8. The summed E-state index contributed by atoms with van der Waals surface area (Å²) in [6.07, 6.45) is 4.20. The maximum Gasteiger partial charge on any atom is 0.0680 e. The van der Waals surface area contributed by atoms with Crippen molar-refractivity contribution in [2.75, 3.05) is 12.0 Å². The number of nitrogens with zero attached hydrogens (tertiary/aromatic N) is 1. The van der Waals surface area contributed by atoms with Gasteiger partial charge in [0.15, 0.2) is 0 Å². The summed E-state index contributed by atoms with van der Waals surface area (Å²) in [6.45, 7) is 0. The minimum atomic E-state index is 0.828. The first-order valence-electron chi connectivity index (χ1n) is 4.14. The molecule has 0 aliphatic heterocycles. The predicted molar refractivity (Wildman–Crippen MR) is 59.9 cm³/mol. The van der Waals surface area contributed by atoms with Crippen LogP contribution in [0.2, 0.25) is 0 Å². The minimum absolute atomic E-state index is 0.828. The lowest BCUT2D eigenvalue weighted by molar-refractivity contribution is 0.944. The molecule has 0 spiro atoms. The van der Waals surface area contributed by atoms with Gasteiger partial charge in [0.1, 0.15) is 0 Å². The van der Waals surface area contributed by atoms with Crippen LogP contribution in [0.25, 0.3) is 10.9 Å². The van der Waals surface area contributed by atoms with Gasteiger partial charge in [-0.15, -0.1) is 11.8 Å². The van der Waals surface area contributed by atoms with E-state index in [9.17, 15) is 0 Å². The molecule has 0 aliphatic carbocycles. The summed E-state index contributed by atoms with van der Waals surface area (Å²) >= 11 is 1.81. The van der Waals surface area contributed by atoms with Crippen molar-refractivity contribution in [1.82, 2.24) is 4.57 Å². The highest BCUT2D eigenvalue weighted by atomic mass is 32.2. The summed E-state index contributed by atoms with van der Waals surface area (Å²) in [6, 6.07) is 8.12. The van der Waals surface area contributed by atoms with Crippen molar-refractivity contribution in [3.63, 3.8) is 0 Å². The van der Waals surface area contributed by atoms with E-state index in [0.717, 1.165) is 11.6 Å². The molecule has 0 saturated heterocycles. The van der Waals surface area contributed by atoms with E-state index >= 15 is 0 Å². The summed E-state index contributed by atoms with van der Waals surface area (Å²) < 4.78 is 2.22. The molecular weight excluding hydrogens is 180 g/mol. The van der Waals surface area contributed by atoms with Crippen molar-refractivity contribution in [3.05, 3.63) is 30.5 Å². The van der Waals surface area contributed by atoms with E-state index in [1.54, 1.807) is 0 Å². The maximum atomic E-state index is 5.69. The van der Waals surface area contributed by atoms with E-state index in [1.807, 2.05) is 23.9 Å². The predicted octanol–water partition coefficient (Wildman–Crippen LogP) is 2.54. The van der Waals surface area contributed by atoms with E-state index in [1.165, 1.54) is 10.9 Å². The van der Waals surface area contributed by atoms with Gasteiger partial charge in [-0.3, -0.25) is 0 Å². The molecule has 13 heavy (non-hydrogen) atoms. The zero-order valence-electron chi connectivity index (χ0n) is 7.53. The topological polar surface area (TPSA) is 30.9 Å². The molecule has 1 heterocycles. The summed E-state index contributed by atoms with van der Waals surface area (Å²) in [5.74, 6) is 0.993. The maximum absolute atomic E-state index is 5.69. The number of fused-ring (bicyclic) bond motifs is 1. The second-order valence-corrected chi connectivity index (χ2v) is 3.86. The molecule has 3 heteroatoms. The monoisotopic (exact) mass is 192 g/mol. The molecular formula is C10H12N2S. The van der Waals surface area contributed by atoms with Crippen LogP contribution in [0, 0.1) is 0 Å². The summed E-state index contributed by atoms with van der Waals surface area (Å²) in [5, 5.41) is 1.22. The Balaban J connectivity index is 2.55. The molecule has 0 bridgehead atoms. The van der Waals surface area contributed by atoms with Gasteiger partial charge in [-0.05, 0) is 30.5 Å². The molecule has 0 fully saturated rings. The molecule has 0 saturated carbocycles. The van der Waals surface area contributed by atoms with Gasteiger partial charge >= 0.3 is 0 Å². The van der Waals surface area contributed by atoms with Crippen LogP contribution in [-0.4, -0.2) is 10.8 Å². The SMILES string of the molecule is CSCn1ccc2cc(N)ccc21. The number of hydrogen-bond donors (Lipinski definition) is 1. The average Bonchev–Trinajstić information content (AvgIpc) is 2.49. The molecule has 0 aliphatic rings.